The Kier molecular flexibility index (Phi) is 17.6. The minimum atomic E-state index is -1.38. The molecular formula is C25H47NO9. The molecule has 0 aromatic carbocycles. The van der Waals surface area contributed by atoms with E-state index in [0.717, 1.165) is 32.1 Å². The van der Waals surface area contributed by atoms with Gasteiger partial charge in [-0.05, 0) is 24.7 Å². The first-order chi connectivity index (χ1) is 16.4. The maximum Gasteiger partial charge on any atom is 0.307 e. The van der Waals surface area contributed by atoms with Crippen molar-refractivity contribution in [2.24, 2.45) is 23.5 Å². The lowest BCUT2D eigenvalue weighted by Crippen LogP contribution is -2.38. The average molecular weight is 506 g/mol. The summed E-state index contributed by atoms with van der Waals surface area (Å²) < 4.78 is 5.48. The summed E-state index contributed by atoms with van der Waals surface area (Å²) in [4.78, 5) is 34.5. The molecule has 0 aromatic rings. The van der Waals surface area contributed by atoms with Crippen LogP contribution in [-0.2, 0) is 19.1 Å². The standard InChI is InChI=1S/C25H47NO9/c1-4-17(3)24(32)21(35-23(31)13-18(25(33)34)12-22(29)30)11-16(2)9-7-5-6-8-10-19(27)14-20(28)15-26/h16-21,24,27-28,32H,4-15,26H2,1-3H3,(H,29,30)(H,33,34)/t16-,17+,18?,19+,20-,21-,24+/m0/s1. The Bertz CT molecular complexity index is 616. The molecule has 0 saturated heterocycles. The van der Waals surface area contributed by atoms with Gasteiger partial charge in [-0.2, -0.15) is 0 Å². The normalized spacial score (nSPS) is 17.6. The predicted molar refractivity (Wildman–Crippen MR) is 131 cm³/mol. The number of carboxylic acid groups (broad SMARTS) is 2. The summed E-state index contributed by atoms with van der Waals surface area (Å²) in [6.45, 7) is 5.91. The van der Waals surface area contributed by atoms with Crippen LogP contribution in [0.15, 0.2) is 0 Å². The van der Waals surface area contributed by atoms with Gasteiger partial charge in [0.25, 0.3) is 0 Å². The molecule has 0 aliphatic carbocycles. The number of nitrogens with two attached hydrogens (primary N) is 1. The Morgan fingerprint density at radius 3 is 1.97 bits per heavy atom. The lowest BCUT2D eigenvalue weighted by atomic mass is 9.89. The monoisotopic (exact) mass is 505 g/mol. The van der Waals surface area contributed by atoms with E-state index < -0.39 is 61.1 Å². The SMILES string of the molecule is CC[C@@H](C)[C@@H](O)[C@H](C[C@@H](C)CCCCCC[C@@H](O)C[C@H](O)CN)OC(=O)CC(CC(=O)O)C(=O)O. The summed E-state index contributed by atoms with van der Waals surface area (Å²) in [5, 5.41) is 48.1. The van der Waals surface area contributed by atoms with E-state index in [-0.39, 0.29) is 24.8 Å². The van der Waals surface area contributed by atoms with Crippen molar-refractivity contribution < 1.29 is 44.7 Å². The first kappa shape index (κ1) is 33.2. The second-order valence-electron chi connectivity index (χ2n) is 9.85. The third-order valence-electron chi connectivity index (χ3n) is 6.51. The van der Waals surface area contributed by atoms with E-state index in [4.69, 9.17) is 15.6 Å². The van der Waals surface area contributed by atoms with Gasteiger partial charge >= 0.3 is 17.9 Å². The highest BCUT2D eigenvalue weighted by Gasteiger charge is 2.31. The molecule has 0 aromatic heterocycles. The minimum absolute atomic E-state index is 0.126. The van der Waals surface area contributed by atoms with Crippen LogP contribution in [0.1, 0.15) is 91.4 Å². The van der Waals surface area contributed by atoms with Gasteiger partial charge < -0.3 is 36.0 Å². The van der Waals surface area contributed by atoms with Crippen LogP contribution in [0.5, 0.6) is 0 Å². The Balaban J connectivity index is 4.65. The van der Waals surface area contributed by atoms with Crippen LogP contribution in [0.25, 0.3) is 0 Å². The fourth-order valence-corrected chi connectivity index (χ4v) is 4.01. The van der Waals surface area contributed by atoms with E-state index in [0.29, 0.717) is 19.3 Å². The van der Waals surface area contributed by atoms with Gasteiger partial charge in [-0.1, -0.05) is 59.3 Å². The second kappa shape index (κ2) is 18.5. The van der Waals surface area contributed by atoms with Gasteiger partial charge in [0, 0.05) is 13.0 Å². The largest absolute Gasteiger partial charge is 0.481 e. The zero-order valence-corrected chi connectivity index (χ0v) is 21.5. The Labute approximate surface area is 208 Å². The van der Waals surface area contributed by atoms with E-state index in [1.165, 1.54) is 0 Å². The molecule has 7 atom stereocenters. The first-order valence-corrected chi connectivity index (χ1v) is 12.8. The number of carbonyl (C=O) groups is 3. The molecule has 0 amide bonds. The molecule has 35 heavy (non-hydrogen) atoms. The highest BCUT2D eigenvalue weighted by atomic mass is 16.6. The Morgan fingerprint density at radius 2 is 1.46 bits per heavy atom. The van der Waals surface area contributed by atoms with Crippen LogP contribution in [0.4, 0.5) is 0 Å². The zero-order chi connectivity index (χ0) is 27.0. The smallest absolute Gasteiger partial charge is 0.307 e. The van der Waals surface area contributed by atoms with Crippen molar-refractivity contribution >= 4 is 17.9 Å². The lowest BCUT2D eigenvalue weighted by molar-refractivity contribution is -0.163. The third-order valence-corrected chi connectivity index (χ3v) is 6.51. The van der Waals surface area contributed by atoms with Crippen molar-refractivity contribution in [3.63, 3.8) is 0 Å². The number of rotatable bonds is 21. The molecule has 206 valence electrons. The van der Waals surface area contributed by atoms with Crippen LogP contribution in [0.2, 0.25) is 0 Å². The van der Waals surface area contributed by atoms with Crippen molar-refractivity contribution in [1.82, 2.24) is 0 Å². The third kappa shape index (κ3) is 15.8. The molecule has 0 spiro atoms. The number of unbranched alkanes of at least 4 members (excludes halogenated alkanes) is 3. The summed E-state index contributed by atoms with van der Waals surface area (Å²) in [5.41, 5.74) is 5.35. The van der Waals surface area contributed by atoms with Crippen LogP contribution in [-0.4, -0.2) is 74.4 Å². The predicted octanol–water partition coefficient (Wildman–Crippen LogP) is 2.31. The maximum atomic E-state index is 12.4. The van der Waals surface area contributed by atoms with Crippen LogP contribution >= 0.6 is 0 Å². The zero-order valence-electron chi connectivity index (χ0n) is 21.5. The molecule has 10 nitrogen and oxygen atoms in total. The molecule has 0 fully saturated rings. The summed E-state index contributed by atoms with van der Waals surface area (Å²) in [6.07, 6.45) is 2.37. The fraction of sp³-hybridized carbons (Fsp3) is 0.880. The van der Waals surface area contributed by atoms with E-state index >= 15 is 0 Å². The van der Waals surface area contributed by atoms with E-state index in [1.54, 1.807) is 0 Å². The molecular weight excluding hydrogens is 458 g/mol. The number of esters is 1. The van der Waals surface area contributed by atoms with Gasteiger partial charge in [-0.3, -0.25) is 14.4 Å². The van der Waals surface area contributed by atoms with E-state index in [9.17, 15) is 34.8 Å². The molecule has 7 N–H and O–H groups in total. The molecule has 0 radical (unpaired) electrons. The molecule has 0 heterocycles. The van der Waals surface area contributed by atoms with Gasteiger partial charge in [0.15, 0.2) is 0 Å². The molecule has 10 heteroatoms. The summed E-state index contributed by atoms with van der Waals surface area (Å²) in [5.74, 6) is -4.87. The number of aliphatic hydroxyl groups excluding tert-OH is 3. The first-order valence-electron chi connectivity index (χ1n) is 12.8. The molecule has 0 aliphatic rings. The number of aliphatic hydroxyl groups is 3. The van der Waals surface area contributed by atoms with E-state index in [1.807, 2.05) is 20.8 Å². The lowest BCUT2D eigenvalue weighted by Gasteiger charge is -2.29. The van der Waals surface area contributed by atoms with Crippen LogP contribution in [0.3, 0.4) is 0 Å². The van der Waals surface area contributed by atoms with Gasteiger partial charge in [-0.25, -0.2) is 0 Å². The summed E-state index contributed by atoms with van der Waals surface area (Å²) in [7, 11) is 0. The van der Waals surface area contributed by atoms with Crippen LogP contribution < -0.4 is 5.73 Å². The van der Waals surface area contributed by atoms with Gasteiger partial charge in [0.1, 0.15) is 6.10 Å². The molecule has 0 aliphatic heterocycles. The highest BCUT2D eigenvalue weighted by Crippen LogP contribution is 2.24. The Morgan fingerprint density at radius 1 is 0.857 bits per heavy atom. The maximum absolute atomic E-state index is 12.4. The van der Waals surface area contributed by atoms with Crippen molar-refractivity contribution in [3.05, 3.63) is 0 Å². The van der Waals surface area contributed by atoms with E-state index in [2.05, 4.69) is 0 Å². The minimum Gasteiger partial charge on any atom is -0.481 e. The van der Waals surface area contributed by atoms with Gasteiger partial charge in [0.05, 0.1) is 37.1 Å². The number of carboxylic acids is 2. The molecule has 1 unspecified atom stereocenters. The quantitative estimate of drug-likeness (QED) is 0.0997. The highest BCUT2D eigenvalue weighted by molar-refractivity contribution is 5.82. The summed E-state index contributed by atoms with van der Waals surface area (Å²) >= 11 is 0. The Hall–Kier alpha value is -1.75. The number of hydrogen-bond acceptors (Lipinski definition) is 8. The topological polar surface area (TPSA) is 188 Å². The number of ether oxygens (including phenoxy) is 1. The summed E-state index contributed by atoms with van der Waals surface area (Å²) in [6, 6.07) is 0. The van der Waals surface area contributed by atoms with Gasteiger partial charge in [0.2, 0.25) is 0 Å². The van der Waals surface area contributed by atoms with Gasteiger partial charge in [-0.15, -0.1) is 0 Å². The van der Waals surface area contributed by atoms with Crippen LogP contribution in [0, 0.1) is 17.8 Å². The fourth-order valence-electron chi connectivity index (χ4n) is 4.01. The molecule has 0 rings (SSSR count). The number of hydrogen-bond donors (Lipinski definition) is 6. The average Bonchev–Trinajstić information content (AvgIpc) is 2.78. The molecule has 0 bridgehead atoms. The van der Waals surface area contributed by atoms with Crippen molar-refractivity contribution in [3.8, 4) is 0 Å². The number of carbonyl (C=O) groups excluding carboxylic acids is 1. The second-order valence-corrected chi connectivity index (χ2v) is 9.85. The molecule has 0 saturated carbocycles. The van der Waals surface area contributed by atoms with Crippen molar-refractivity contribution in [2.45, 2.75) is 116 Å². The number of aliphatic carboxylic acids is 2. The van der Waals surface area contributed by atoms with Crippen molar-refractivity contribution in [1.29, 1.82) is 0 Å². The van der Waals surface area contributed by atoms with Crippen molar-refractivity contribution in [2.75, 3.05) is 6.54 Å².